The van der Waals surface area contributed by atoms with Gasteiger partial charge < -0.3 is 31.4 Å². The Morgan fingerprint density at radius 3 is 1.00 bits per heavy atom. The van der Waals surface area contributed by atoms with Gasteiger partial charge in [0.1, 0.15) is 0 Å². The zero-order valence-electron chi connectivity index (χ0n) is 4.35. The molecule has 0 aliphatic carbocycles. The quantitative estimate of drug-likeness (QED) is 0.333. The largest absolute Gasteiger partial charge is 2.00 e. The van der Waals surface area contributed by atoms with E-state index < -0.39 is 6.16 Å². The van der Waals surface area contributed by atoms with Gasteiger partial charge in [-0.3, -0.25) is 0 Å². The number of carbonyl (C=O) groups excluding carboxylic acids is 1. The van der Waals surface area contributed by atoms with Gasteiger partial charge in [0.2, 0.25) is 0 Å². The maximum atomic E-state index is 8.33. The van der Waals surface area contributed by atoms with Crippen LogP contribution in [-0.4, -0.2) is 63.0 Å². The van der Waals surface area contributed by atoms with Crippen LogP contribution in [0, 0.1) is 0 Å². The average molecular weight is 162 g/mol. The molecule has 0 aromatic rings. The molecule has 0 unspecified atom stereocenters. The standard InChI is InChI=1S/CH2O3.Al.Mg.3H2O/c2-1(3)4;;;;;/h(H2,2,3,4);;;3*1H2/q;;+2;;;/p-5. The summed E-state index contributed by atoms with van der Waals surface area (Å²) in [6.45, 7) is 0. The van der Waals surface area contributed by atoms with Gasteiger partial charge in [0.15, 0.2) is 0 Å². The third kappa shape index (κ3) is 1750. The van der Waals surface area contributed by atoms with Crippen molar-refractivity contribution in [2.45, 2.75) is 0 Å². The second kappa shape index (κ2) is 39.4. The summed E-state index contributed by atoms with van der Waals surface area (Å²) < 4.78 is 0. The van der Waals surface area contributed by atoms with E-state index in [1.54, 1.807) is 0 Å². The summed E-state index contributed by atoms with van der Waals surface area (Å²) in [5, 5.41) is 16.7. The second-order valence-corrected chi connectivity index (χ2v) is 0.250. The van der Waals surface area contributed by atoms with Crippen molar-refractivity contribution in [1.29, 1.82) is 0 Å². The summed E-state index contributed by atoms with van der Waals surface area (Å²) in [4.78, 5) is 8.33. The Morgan fingerprint density at radius 2 is 1.00 bits per heavy atom. The van der Waals surface area contributed by atoms with Crippen molar-refractivity contribution in [3.63, 3.8) is 0 Å². The van der Waals surface area contributed by atoms with Gasteiger partial charge in [-0.15, -0.1) is 0 Å². The molecule has 0 bridgehead atoms. The zero-order chi connectivity index (χ0) is 3.58. The first-order chi connectivity index (χ1) is 1.73. The van der Waals surface area contributed by atoms with Crippen molar-refractivity contribution in [3.05, 3.63) is 0 Å². The molecule has 0 aliphatic heterocycles. The molecule has 51 valence electrons. The normalized spacial score (nSPS) is 2.67. The molecule has 0 spiro atoms. The van der Waals surface area contributed by atoms with E-state index in [-0.39, 0.29) is 56.8 Å². The zero-order valence-corrected chi connectivity index (χ0v) is 6.92. The maximum absolute atomic E-state index is 8.33. The van der Waals surface area contributed by atoms with E-state index in [1.165, 1.54) is 0 Å². The molecule has 0 aromatic carbocycles. The number of carbonyl (C=O) groups is 1. The summed E-state index contributed by atoms with van der Waals surface area (Å²) in [7, 11) is 0. The summed E-state index contributed by atoms with van der Waals surface area (Å²) in [6, 6.07) is 0. The van der Waals surface area contributed by atoms with Crippen LogP contribution < -0.4 is 10.2 Å². The molecule has 0 atom stereocenters. The van der Waals surface area contributed by atoms with Gasteiger partial charge in [0, 0.05) is 17.4 Å². The Balaban J connectivity index is -0.00000000450. The minimum atomic E-state index is -2.33. The smallest absolute Gasteiger partial charge is 0.870 e. The molecule has 0 fully saturated rings. The first kappa shape index (κ1) is 56.7. The fourth-order valence-corrected chi connectivity index (χ4v) is 0. The van der Waals surface area contributed by atoms with E-state index >= 15 is 0 Å². The van der Waals surface area contributed by atoms with Crippen molar-refractivity contribution in [1.82, 2.24) is 0 Å². The number of rotatable bonds is 0. The molecule has 0 saturated heterocycles. The average Bonchev–Trinajstić information content (AvgIpc) is 0.811. The van der Waals surface area contributed by atoms with Gasteiger partial charge in [0.05, 0.1) is 0 Å². The van der Waals surface area contributed by atoms with Crippen LogP contribution in [-0.2, 0) is 0 Å². The van der Waals surface area contributed by atoms with Crippen LogP contribution in [0.3, 0.4) is 0 Å². The summed E-state index contributed by atoms with van der Waals surface area (Å²) in [5.41, 5.74) is 0. The predicted molar refractivity (Wildman–Crippen MR) is 22.7 cm³/mol. The van der Waals surface area contributed by atoms with E-state index in [0.29, 0.717) is 0 Å². The number of carboxylic acid groups (broad SMARTS) is 2. The first-order valence-electron chi connectivity index (χ1n) is 0.612. The molecule has 9 heavy (non-hydrogen) atoms. The Bertz CT molecular complexity index is 36.0. The predicted octanol–water partition coefficient (Wildman–Crippen LogP) is -3.74. The number of hydrogen-bond acceptors (Lipinski definition) is 6. The molecule has 0 aromatic heterocycles. The molecule has 3 radical (unpaired) electrons. The van der Waals surface area contributed by atoms with Crippen molar-refractivity contribution < 1.29 is 31.4 Å². The van der Waals surface area contributed by atoms with Crippen LogP contribution in [0.25, 0.3) is 0 Å². The summed E-state index contributed by atoms with van der Waals surface area (Å²) >= 11 is 0. The SMILES string of the molecule is O=C([O-])[O-].[Al].[Mg+2].[OH-].[OH-].[OH-]. The molecule has 0 saturated carbocycles. The van der Waals surface area contributed by atoms with Crippen LogP contribution in [0.2, 0.25) is 0 Å². The fraction of sp³-hybridized carbons (Fsp3) is 0. The van der Waals surface area contributed by atoms with Crippen molar-refractivity contribution >= 4 is 46.6 Å². The molecular weight excluding hydrogens is 159 g/mol. The Labute approximate surface area is 78.1 Å². The molecule has 0 heterocycles. The monoisotopic (exact) mass is 162 g/mol. The maximum Gasteiger partial charge on any atom is 2.00 e. The molecule has 8 heteroatoms. The molecule has 3 N–H and O–H groups in total. The minimum absolute atomic E-state index is 0. The van der Waals surface area contributed by atoms with Gasteiger partial charge in [-0.05, 0) is 6.16 Å². The Morgan fingerprint density at radius 1 is 1.00 bits per heavy atom. The first-order valence-corrected chi connectivity index (χ1v) is 0.612. The van der Waals surface area contributed by atoms with Gasteiger partial charge in [-0.2, -0.15) is 0 Å². The second-order valence-electron chi connectivity index (χ2n) is 0.250. The molecule has 0 rings (SSSR count). The molecular formula is CH3AlMgO6-3. The van der Waals surface area contributed by atoms with E-state index in [2.05, 4.69) is 0 Å². The van der Waals surface area contributed by atoms with Crippen LogP contribution in [0.4, 0.5) is 4.79 Å². The third-order valence-corrected chi connectivity index (χ3v) is 0. The summed E-state index contributed by atoms with van der Waals surface area (Å²) in [6.07, 6.45) is -2.33. The van der Waals surface area contributed by atoms with Gasteiger partial charge in [-0.25, -0.2) is 0 Å². The molecule has 0 amide bonds. The van der Waals surface area contributed by atoms with Crippen LogP contribution in [0.15, 0.2) is 0 Å². The van der Waals surface area contributed by atoms with E-state index in [9.17, 15) is 0 Å². The van der Waals surface area contributed by atoms with Crippen molar-refractivity contribution in [2.24, 2.45) is 0 Å². The topological polar surface area (TPSA) is 153 Å². The Hall–Kier alpha value is 0.449. The van der Waals surface area contributed by atoms with Gasteiger partial charge in [-0.1, -0.05) is 0 Å². The Kier molecular flexibility index (Phi) is 248. The van der Waals surface area contributed by atoms with Gasteiger partial charge >= 0.3 is 23.1 Å². The van der Waals surface area contributed by atoms with E-state index in [4.69, 9.17) is 15.0 Å². The van der Waals surface area contributed by atoms with Crippen LogP contribution >= 0.6 is 0 Å². The third-order valence-electron chi connectivity index (χ3n) is 0. The van der Waals surface area contributed by atoms with E-state index in [1.807, 2.05) is 0 Å². The van der Waals surface area contributed by atoms with Crippen LogP contribution in [0.1, 0.15) is 0 Å². The number of hydrogen-bond donors (Lipinski definition) is 0. The van der Waals surface area contributed by atoms with E-state index in [0.717, 1.165) is 0 Å². The fourth-order valence-electron chi connectivity index (χ4n) is 0. The minimum Gasteiger partial charge on any atom is -0.870 e. The van der Waals surface area contributed by atoms with Crippen molar-refractivity contribution in [2.75, 3.05) is 0 Å². The summed E-state index contributed by atoms with van der Waals surface area (Å²) in [5.74, 6) is 0. The molecule has 0 aliphatic rings. The van der Waals surface area contributed by atoms with Crippen LogP contribution in [0.5, 0.6) is 0 Å². The van der Waals surface area contributed by atoms with Gasteiger partial charge in [0.25, 0.3) is 0 Å². The molecule has 6 nitrogen and oxygen atoms in total. The van der Waals surface area contributed by atoms with Crippen molar-refractivity contribution in [3.8, 4) is 0 Å².